The van der Waals surface area contributed by atoms with Gasteiger partial charge in [0.1, 0.15) is 0 Å². The Hall–Kier alpha value is -2.69. The van der Waals surface area contributed by atoms with E-state index in [1.165, 1.54) is 26.2 Å². The number of carbonyl (C=O) groups excluding carboxylic acids is 1. The summed E-state index contributed by atoms with van der Waals surface area (Å²) in [5, 5.41) is 11.0. The van der Waals surface area contributed by atoms with Crippen molar-refractivity contribution in [1.82, 2.24) is 14.5 Å². The van der Waals surface area contributed by atoms with Crippen LogP contribution >= 0.6 is 11.8 Å². The summed E-state index contributed by atoms with van der Waals surface area (Å²) < 4.78 is 30.8. The van der Waals surface area contributed by atoms with E-state index >= 15 is 0 Å². The molecule has 0 fully saturated rings. The molecule has 3 rings (SSSR count). The van der Waals surface area contributed by atoms with Crippen LogP contribution in [0.4, 0.5) is 5.69 Å². The number of hydrogen-bond acceptors (Lipinski definition) is 7. The van der Waals surface area contributed by atoms with E-state index in [9.17, 15) is 13.2 Å². The van der Waals surface area contributed by atoms with Gasteiger partial charge in [-0.15, -0.1) is 10.2 Å². The van der Waals surface area contributed by atoms with Gasteiger partial charge in [-0.1, -0.05) is 29.5 Å². The molecule has 29 heavy (non-hydrogen) atoms. The van der Waals surface area contributed by atoms with Crippen molar-refractivity contribution in [3.8, 4) is 11.5 Å². The summed E-state index contributed by atoms with van der Waals surface area (Å²) in [7, 11) is -0.578. The van der Waals surface area contributed by atoms with Crippen molar-refractivity contribution in [3.05, 3.63) is 54.1 Å². The standard InChI is InChI=1S/C19H20N4O4S2/c1-13-5-4-6-14(11-13)18-21-22-19(27-18)28-12-17(24)20-15-7-9-16(10-8-15)29(25,26)23(2)3/h4-11H,12H2,1-3H3,(H,20,24). The van der Waals surface area contributed by atoms with E-state index in [0.717, 1.165) is 27.2 Å². The van der Waals surface area contributed by atoms with Crippen LogP contribution in [0.2, 0.25) is 0 Å². The first-order valence-electron chi connectivity index (χ1n) is 8.61. The number of sulfonamides is 1. The van der Waals surface area contributed by atoms with Crippen molar-refractivity contribution in [2.45, 2.75) is 17.0 Å². The van der Waals surface area contributed by atoms with Crippen molar-refractivity contribution >= 4 is 33.4 Å². The van der Waals surface area contributed by atoms with Gasteiger partial charge in [0.05, 0.1) is 10.6 Å². The topological polar surface area (TPSA) is 105 Å². The Labute approximate surface area is 173 Å². The summed E-state index contributed by atoms with van der Waals surface area (Å²) in [6.45, 7) is 1.97. The number of rotatable bonds is 7. The lowest BCUT2D eigenvalue weighted by molar-refractivity contribution is -0.113. The Bertz CT molecular complexity index is 1110. The molecule has 0 aliphatic carbocycles. The summed E-state index contributed by atoms with van der Waals surface area (Å²) in [5.41, 5.74) is 2.40. The molecule has 10 heteroatoms. The fraction of sp³-hybridized carbons (Fsp3) is 0.211. The zero-order valence-corrected chi connectivity index (χ0v) is 17.8. The van der Waals surface area contributed by atoms with Gasteiger partial charge in [-0.2, -0.15) is 0 Å². The molecule has 0 saturated carbocycles. The smallest absolute Gasteiger partial charge is 0.277 e. The minimum atomic E-state index is -3.50. The number of aryl methyl sites for hydroxylation is 1. The second-order valence-electron chi connectivity index (χ2n) is 6.39. The molecule has 2 aromatic carbocycles. The van der Waals surface area contributed by atoms with Gasteiger partial charge in [-0.05, 0) is 43.3 Å². The number of benzene rings is 2. The van der Waals surface area contributed by atoms with Crippen LogP contribution in [0, 0.1) is 6.92 Å². The fourth-order valence-electron chi connectivity index (χ4n) is 2.41. The van der Waals surface area contributed by atoms with Crippen LogP contribution in [0.15, 0.2) is 63.1 Å². The number of amides is 1. The highest BCUT2D eigenvalue weighted by Gasteiger charge is 2.17. The summed E-state index contributed by atoms with van der Waals surface area (Å²) in [4.78, 5) is 12.3. The molecule has 0 aliphatic rings. The van der Waals surface area contributed by atoms with Crippen LogP contribution < -0.4 is 5.32 Å². The highest BCUT2D eigenvalue weighted by atomic mass is 32.2. The lowest BCUT2D eigenvalue weighted by atomic mass is 10.1. The largest absolute Gasteiger partial charge is 0.411 e. The Balaban J connectivity index is 1.57. The van der Waals surface area contributed by atoms with Crippen molar-refractivity contribution in [2.24, 2.45) is 0 Å². The lowest BCUT2D eigenvalue weighted by Crippen LogP contribution is -2.22. The second-order valence-corrected chi connectivity index (χ2v) is 9.47. The minimum Gasteiger partial charge on any atom is -0.411 e. The Kier molecular flexibility index (Phi) is 6.36. The zero-order chi connectivity index (χ0) is 21.0. The van der Waals surface area contributed by atoms with Gasteiger partial charge in [-0.3, -0.25) is 4.79 Å². The Morgan fingerprint density at radius 3 is 2.52 bits per heavy atom. The van der Waals surface area contributed by atoms with Gasteiger partial charge in [0, 0.05) is 25.3 Å². The fourth-order valence-corrected chi connectivity index (χ4v) is 3.87. The molecular weight excluding hydrogens is 412 g/mol. The van der Waals surface area contributed by atoms with Crippen LogP contribution in [0.3, 0.4) is 0 Å². The molecule has 0 bridgehead atoms. The lowest BCUT2D eigenvalue weighted by Gasteiger charge is -2.11. The van der Waals surface area contributed by atoms with E-state index in [4.69, 9.17) is 4.42 Å². The van der Waals surface area contributed by atoms with Crippen LogP contribution in [0.25, 0.3) is 11.5 Å². The highest BCUT2D eigenvalue weighted by molar-refractivity contribution is 7.99. The number of nitrogens with one attached hydrogen (secondary N) is 1. The Morgan fingerprint density at radius 1 is 1.14 bits per heavy atom. The predicted octanol–water partition coefficient (Wildman–Crippen LogP) is 3.03. The van der Waals surface area contributed by atoms with E-state index < -0.39 is 10.0 Å². The van der Waals surface area contributed by atoms with Crippen LogP contribution in [0.5, 0.6) is 0 Å². The molecule has 1 aromatic heterocycles. The van der Waals surface area contributed by atoms with Gasteiger partial charge >= 0.3 is 0 Å². The third kappa shape index (κ3) is 5.22. The molecule has 0 aliphatic heterocycles. The van der Waals surface area contributed by atoms with Gasteiger partial charge in [-0.25, -0.2) is 12.7 Å². The molecule has 1 amide bonds. The van der Waals surface area contributed by atoms with Crippen LogP contribution in [-0.2, 0) is 14.8 Å². The first-order valence-corrected chi connectivity index (χ1v) is 11.0. The summed E-state index contributed by atoms with van der Waals surface area (Å²) in [5.74, 6) is 0.204. The molecular formula is C19H20N4O4S2. The van der Waals surface area contributed by atoms with Crippen molar-refractivity contribution in [1.29, 1.82) is 0 Å². The number of anilines is 1. The van der Waals surface area contributed by atoms with E-state index in [2.05, 4.69) is 15.5 Å². The number of carbonyl (C=O) groups is 1. The van der Waals surface area contributed by atoms with Crippen molar-refractivity contribution in [2.75, 3.05) is 25.2 Å². The van der Waals surface area contributed by atoms with E-state index in [1.807, 2.05) is 31.2 Å². The van der Waals surface area contributed by atoms with Gasteiger partial charge in [0.2, 0.25) is 21.8 Å². The maximum absolute atomic E-state index is 12.1. The average Bonchev–Trinajstić information content (AvgIpc) is 3.16. The monoisotopic (exact) mass is 432 g/mol. The highest BCUT2D eigenvalue weighted by Crippen LogP contribution is 2.24. The van der Waals surface area contributed by atoms with E-state index in [0.29, 0.717) is 16.8 Å². The number of nitrogens with zero attached hydrogens (tertiary/aromatic N) is 3. The summed E-state index contributed by atoms with van der Waals surface area (Å²) in [6.07, 6.45) is 0. The molecule has 1 heterocycles. The summed E-state index contributed by atoms with van der Waals surface area (Å²) in [6, 6.07) is 13.7. The van der Waals surface area contributed by atoms with Gasteiger partial charge in [0.15, 0.2) is 0 Å². The van der Waals surface area contributed by atoms with Crippen LogP contribution in [-0.4, -0.2) is 48.7 Å². The second kappa shape index (κ2) is 8.76. The number of thioether (sulfide) groups is 1. The molecule has 1 N–H and O–H groups in total. The van der Waals surface area contributed by atoms with Crippen LogP contribution in [0.1, 0.15) is 5.56 Å². The molecule has 0 unspecified atom stereocenters. The van der Waals surface area contributed by atoms with Gasteiger partial charge < -0.3 is 9.73 Å². The molecule has 0 radical (unpaired) electrons. The van der Waals surface area contributed by atoms with Crippen molar-refractivity contribution < 1.29 is 17.6 Å². The number of aromatic nitrogens is 2. The molecule has 0 spiro atoms. The summed E-state index contributed by atoms with van der Waals surface area (Å²) >= 11 is 1.12. The first kappa shape index (κ1) is 21.0. The van der Waals surface area contributed by atoms with E-state index in [-0.39, 0.29) is 16.6 Å². The minimum absolute atomic E-state index is 0.0766. The molecule has 0 saturated heterocycles. The van der Waals surface area contributed by atoms with E-state index in [1.54, 1.807) is 12.1 Å². The average molecular weight is 433 g/mol. The maximum atomic E-state index is 12.1. The quantitative estimate of drug-likeness (QED) is 0.572. The first-order chi connectivity index (χ1) is 13.8. The molecule has 152 valence electrons. The zero-order valence-electron chi connectivity index (χ0n) is 16.1. The third-order valence-corrected chi connectivity index (χ3v) is 6.56. The normalized spacial score (nSPS) is 11.6. The Morgan fingerprint density at radius 2 is 1.86 bits per heavy atom. The predicted molar refractivity (Wildman–Crippen MR) is 111 cm³/mol. The molecule has 0 atom stereocenters. The number of hydrogen-bond donors (Lipinski definition) is 1. The SMILES string of the molecule is Cc1cccc(-c2nnc(SCC(=O)Nc3ccc(S(=O)(=O)N(C)C)cc3)o2)c1. The van der Waals surface area contributed by atoms with Gasteiger partial charge in [0.25, 0.3) is 5.22 Å². The van der Waals surface area contributed by atoms with Crippen molar-refractivity contribution in [3.63, 3.8) is 0 Å². The molecule has 3 aromatic rings. The molecule has 8 nitrogen and oxygen atoms in total. The maximum Gasteiger partial charge on any atom is 0.277 e. The third-order valence-electron chi connectivity index (χ3n) is 3.91.